The van der Waals surface area contributed by atoms with Crippen molar-refractivity contribution in [2.75, 3.05) is 5.32 Å². The van der Waals surface area contributed by atoms with Gasteiger partial charge in [0.25, 0.3) is 11.8 Å². The van der Waals surface area contributed by atoms with E-state index in [9.17, 15) is 14.4 Å². The molecule has 0 aliphatic heterocycles. The fraction of sp³-hybridized carbons (Fsp3) is 0.304. The highest BCUT2D eigenvalue weighted by atomic mass is 32.1. The SMILES string of the molecule is CCC(C)Oc1cccc(C(=O)NC(=S)NNC(=O)c2ccc(NC(=O)C(C)C)cc2)c1. The highest BCUT2D eigenvalue weighted by Gasteiger charge is 2.12. The molecule has 0 bridgehead atoms. The summed E-state index contributed by atoms with van der Waals surface area (Å²) in [7, 11) is 0. The topological polar surface area (TPSA) is 109 Å². The lowest BCUT2D eigenvalue weighted by molar-refractivity contribution is -0.118. The second-order valence-electron chi connectivity index (χ2n) is 7.45. The van der Waals surface area contributed by atoms with Gasteiger partial charge in [0.2, 0.25) is 5.91 Å². The normalized spacial score (nSPS) is 11.3. The third kappa shape index (κ3) is 7.66. The molecule has 2 rings (SSSR count). The lowest BCUT2D eigenvalue weighted by Crippen LogP contribution is -2.48. The van der Waals surface area contributed by atoms with Gasteiger partial charge in [0, 0.05) is 22.7 Å². The molecule has 0 aromatic heterocycles. The molecule has 9 heteroatoms. The third-order valence-corrected chi connectivity index (χ3v) is 4.67. The maximum absolute atomic E-state index is 12.4. The first-order chi connectivity index (χ1) is 15.2. The summed E-state index contributed by atoms with van der Waals surface area (Å²) < 4.78 is 5.72. The largest absolute Gasteiger partial charge is 0.491 e. The van der Waals surface area contributed by atoms with Gasteiger partial charge in [0.05, 0.1) is 6.10 Å². The third-order valence-electron chi connectivity index (χ3n) is 4.46. The van der Waals surface area contributed by atoms with Gasteiger partial charge in [-0.25, -0.2) is 0 Å². The van der Waals surface area contributed by atoms with E-state index >= 15 is 0 Å². The number of hydrogen-bond donors (Lipinski definition) is 4. The van der Waals surface area contributed by atoms with E-state index in [0.29, 0.717) is 22.6 Å². The molecule has 0 spiro atoms. The number of anilines is 1. The van der Waals surface area contributed by atoms with Crippen LogP contribution in [0.2, 0.25) is 0 Å². The Morgan fingerprint density at radius 1 is 0.938 bits per heavy atom. The number of carbonyl (C=O) groups excluding carboxylic acids is 3. The number of carbonyl (C=O) groups is 3. The minimum atomic E-state index is -0.452. The second kappa shape index (κ2) is 11.8. The van der Waals surface area contributed by atoms with Gasteiger partial charge in [-0.3, -0.25) is 30.6 Å². The van der Waals surface area contributed by atoms with Crippen LogP contribution < -0.4 is 26.2 Å². The molecule has 1 atom stereocenters. The first-order valence-corrected chi connectivity index (χ1v) is 10.7. The molecule has 0 radical (unpaired) electrons. The summed E-state index contributed by atoms with van der Waals surface area (Å²) in [5.74, 6) is -0.550. The average Bonchev–Trinajstić information content (AvgIpc) is 2.77. The number of ether oxygens (including phenoxy) is 1. The number of nitrogens with one attached hydrogen (secondary N) is 4. The molecule has 0 aliphatic rings. The first kappa shape index (κ1) is 24.8. The van der Waals surface area contributed by atoms with E-state index in [2.05, 4.69) is 21.5 Å². The predicted molar refractivity (Wildman–Crippen MR) is 127 cm³/mol. The van der Waals surface area contributed by atoms with Crippen LogP contribution in [0.4, 0.5) is 5.69 Å². The smallest absolute Gasteiger partial charge is 0.269 e. The second-order valence-corrected chi connectivity index (χ2v) is 7.86. The average molecular weight is 457 g/mol. The summed E-state index contributed by atoms with van der Waals surface area (Å²) in [4.78, 5) is 36.4. The van der Waals surface area contributed by atoms with E-state index in [-0.39, 0.29) is 23.0 Å². The number of benzene rings is 2. The summed E-state index contributed by atoms with van der Waals surface area (Å²) in [6.07, 6.45) is 0.881. The van der Waals surface area contributed by atoms with Crippen molar-refractivity contribution in [3.8, 4) is 5.75 Å². The molecule has 170 valence electrons. The van der Waals surface area contributed by atoms with Gasteiger partial charge in [-0.05, 0) is 68.0 Å². The molecular formula is C23H28N4O4S. The van der Waals surface area contributed by atoms with Crippen molar-refractivity contribution < 1.29 is 19.1 Å². The fourth-order valence-electron chi connectivity index (χ4n) is 2.41. The standard InChI is InChI=1S/C23H28N4O4S/c1-5-15(4)31-19-8-6-7-17(13-19)21(29)25-23(32)27-26-22(30)16-9-11-18(12-10-16)24-20(28)14(2)3/h6-15H,5H2,1-4H3,(H,24,28)(H,26,30)(H2,25,27,29,32). The molecule has 32 heavy (non-hydrogen) atoms. The van der Waals surface area contributed by atoms with Crippen molar-refractivity contribution in [2.24, 2.45) is 5.92 Å². The monoisotopic (exact) mass is 456 g/mol. The van der Waals surface area contributed by atoms with Crippen LogP contribution in [0, 0.1) is 5.92 Å². The van der Waals surface area contributed by atoms with Crippen LogP contribution in [0.1, 0.15) is 54.8 Å². The van der Waals surface area contributed by atoms with E-state index in [4.69, 9.17) is 17.0 Å². The molecule has 8 nitrogen and oxygen atoms in total. The van der Waals surface area contributed by atoms with E-state index < -0.39 is 11.8 Å². The zero-order chi connectivity index (χ0) is 23.7. The molecule has 2 aromatic carbocycles. The molecule has 0 saturated carbocycles. The highest BCUT2D eigenvalue weighted by molar-refractivity contribution is 7.80. The molecular weight excluding hydrogens is 428 g/mol. The van der Waals surface area contributed by atoms with E-state index in [1.54, 1.807) is 62.4 Å². The zero-order valence-electron chi connectivity index (χ0n) is 18.5. The van der Waals surface area contributed by atoms with Crippen LogP contribution in [-0.2, 0) is 4.79 Å². The number of amides is 3. The Kier molecular flexibility index (Phi) is 9.15. The minimum Gasteiger partial charge on any atom is -0.491 e. The molecule has 3 amide bonds. The Bertz CT molecular complexity index is 976. The van der Waals surface area contributed by atoms with Crippen molar-refractivity contribution in [3.63, 3.8) is 0 Å². The number of rotatable bonds is 7. The van der Waals surface area contributed by atoms with Gasteiger partial charge in [0.1, 0.15) is 5.75 Å². The molecule has 0 aliphatic carbocycles. The van der Waals surface area contributed by atoms with E-state index in [0.717, 1.165) is 6.42 Å². The fourth-order valence-corrected chi connectivity index (χ4v) is 2.55. The summed E-state index contributed by atoms with van der Waals surface area (Å²) in [5.41, 5.74) is 6.24. The van der Waals surface area contributed by atoms with Crippen molar-refractivity contribution in [1.82, 2.24) is 16.2 Å². The van der Waals surface area contributed by atoms with Gasteiger partial charge in [-0.2, -0.15) is 0 Å². The Hall–Kier alpha value is -3.46. The Balaban J connectivity index is 1.86. The van der Waals surface area contributed by atoms with Crippen LogP contribution in [0.25, 0.3) is 0 Å². The summed E-state index contributed by atoms with van der Waals surface area (Å²) in [6.45, 7) is 7.55. The number of hydrogen-bond acceptors (Lipinski definition) is 5. The number of thiocarbonyl (C=S) groups is 1. The minimum absolute atomic E-state index is 0.0341. The Morgan fingerprint density at radius 3 is 2.25 bits per heavy atom. The van der Waals surface area contributed by atoms with E-state index in [1.807, 2.05) is 13.8 Å². The van der Waals surface area contributed by atoms with Gasteiger partial charge in [0.15, 0.2) is 5.11 Å². The molecule has 4 N–H and O–H groups in total. The predicted octanol–water partition coefficient (Wildman–Crippen LogP) is 3.41. The van der Waals surface area contributed by atoms with Crippen LogP contribution in [-0.4, -0.2) is 28.9 Å². The zero-order valence-corrected chi connectivity index (χ0v) is 19.3. The maximum Gasteiger partial charge on any atom is 0.269 e. The van der Waals surface area contributed by atoms with Crippen molar-refractivity contribution in [3.05, 3.63) is 59.7 Å². The quantitative estimate of drug-likeness (QED) is 0.376. The summed E-state index contributed by atoms with van der Waals surface area (Å²) in [6, 6.07) is 13.2. The van der Waals surface area contributed by atoms with Crippen LogP contribution in [0.3, 0.4) is 0 Å². The van der Waals surface area contributed by atoms with Gasteiger partial charge in [-0.15, -0.1) is 0 Å². The molecule has 0 fully saturated rings. The van der Waals surface area contributed by atoms with Crippen molar-refractivity contribution in [1.29, 1.82) is 0 Å². The lowest BCUT2D eigenvalue weighted by atomic mass is 10.1. The van der Waals surface area contributed by atoms with Gasteiger partial charge < -0.3 is 10.1 Å². The summed E-state index contributed by atoms with van der Waals surface area (Å²) in [5, 5.41) is 5.19. The van der Waals surface area contributed by atoms with Crippen LogP contribution in [0.15, 0.2) is 48.5 Å². The van der Waals surface area contributed by atoms with Gasteiger partial charge >= 0.3 is 0 Å². The van der Waals surface area contributed by atoms with Gasteiger partial charge in [-0.1, -0.05) is 26.8 Å². The van der Waals surface area contributed by atoms with Crippen molar-refractivity contribution in [2.45, 2.75) is 40.2 Å². The van der Waals surface area contributed by atoms with E-state index in [1.165, 1.54) is 0 Å². The van der Waals surface area contributed by atoms with Crippen molar-refractivity contribution >= 4 is 40.7 Å². The number of hydrazine groups is 1. The lowest BCUT2D eigenvalue weighted by Gasteiger charge is -2.14. The highest BCUT2D eigenvalue weighted by Crippen LogP contribution is 2.16. The molecule has 2 aromatic rings. The molecule has 0 heterocycles. The molecule has 0 saturated heterocycles. The van der Waals surface area contributed by atoms with Crippen LogP contribution >= 0.6 is 12.2 Å². The summed E-state index contributed by atoms with van der Waals surface area (Å²) >= 11 is 5.08. The maximum atomic E-state index is 12.4. The molecule has 1 unspecified atom stereocenters. The Morgan fingerprint density at radius 2 is 1.62 bits per heavy atom. The first-order valence-electron chi connectivity index (χ1n) is 10.3. The Labute approximate surface area is 193 Å². The van der Waals surface area contributed by atoms with Crippen LogP contribution in [0.5, 0.6) is 5.75 Å².